The Kier molecular flexibility index (Phi) is 6.13. The fraction of sp³-hybridized carbons (Fsp3) is 0.227. The topological polar surface area (TPSA) is 106 Å². The Labute approximate surface area is 183 Å². The number of Topliss-reactive ketones (excluding diaryl/α,β-unsaturated/α-hetero) is 1. The molecule has 1 aromatic heterocycles. The number of amides is 3. The van der Waals surface area contributed by atoms with Crippen molar-refractivity contribution >= 4 is 29.5 Å². The van der Waals surface area contributed by atoms with Crippen LogP contribution in [0.15, 0.2) is 59.8 Å². The second-order valence-corrected chi connectivity index (χ2v) is 8.22. The zero-order chi connectivity index (χ0) is 21.8. The van der Waals surface area contributed by atoms with Crippen LogP contribution >= 0.6 is 11.8 Å². The molecule has 9 heteroatoms. The largest absolute Gasteiger partial charge is 0.334 e. The Bertz CT molecular complexity index is 1110. The van der Waals surface area contributed by atoms with Gasteiger partial charge in [-0.15, -0.1) is 10.2 Å². The monoisotopic (exact) mass is 435 g/mol. The summed E-state index contributed by atoms with van der Waals surface area (Å²) >= 11 is 1.31. The van der Waals surface area contributed by atoms with E-state index in [1.165, 1.54) is 11.8 Å². The molecule has 1 unspecified atom stereocenters. The number of carbonyl (C=O) groups excluding carboxylic acids is 3. The number of hydrogen-bond donors (Lipinski definition) is 2. The number of urea groups is 1. The summed E-state index contributed by atoms with van der Waals surface area (Å²) in [5, 5.41) is 14.2. The summed E-state index contributed by atoms with van der Waals surface area (Å²) in [6.07, 6.45) is 0.509. The van der Waals surface area contributed by atoms with Gasteiger partial charge in [0.15, 0.2) is 10.9 Å². The first-order valence-electron chi connectivity index (χ1n) is 9.82. The SMILES string of the molecule is Cc1cccc(-n2c(CC3CC(=O)NC(=O)N3)nnc2SCC(=O)c2ccccc2)c1. The normalized spacial score (nSPS) is 16.0. The van der Waals surface area contributed by atoms with Gasteiger partial charge < -0.3 is 5.32 Å². The van der Waals surface area contributed by atoms with Crippen molar-refractivity contribution in [3.63, 3.8) is 0 Å². The van der Waals surface area contributed by atoms with Crippen LogP contribution in [-0.4, -0.2) is 44.3 Å². The summed E-state index contributed by atoms with van der Waals surface area (Å²) in [6, 6.07) is 16.1. The van der Waals surface area contributed by atoms with E-state index in [1.54, 1.807) is 12.1 Å². The number of benzene rings is 2. The second kappa shape index (κ2) is 9.13. The molecule has 158 valence electrons. The minimum absolute atomic E-state index is 0.00200. The van der Waals surface area contributed by atoms with Gasteiger partial charge in [-0.3, -0.25) is 19.5 Å². The maximum absolute atomic E-state index is 12.5. The first kappa shape index (κ1) is 20.8. The summed E-state index contributed by atoms with van der Waals surface area (Å²) < 4.78 is 1.88. The van der Waals surface area contributed by atoms with Crippen molar-refractivity contribution in [3.05, 3.63) is 71.5 Å². The average molecular weight is 436 g/mol. The first-order chi connectivity index (χ1) is 15.0. The molecule has 3 amide bonds. The molecule has 8 nitrogen and oxygen atoms in total. The minimum Gasteiger partial charge on any atom is -0.334 e. The van der Waals surface area contributed by atoms with Gasteiger partial charge in [-0.2, -0.15) is 0 Å². The van der Waals surface area contributed by atoms with E-state index >= 15 is 0 Å². The molecular weight excluding hydrogens is 414 g/mol. The summed E-state index contributed by atoms with van der Waals surface area (Å²) in [7, 11) is 0. The number of imide groups is 1. The van der Waals surface area contributed by atoms with Crippen LogP contribution in [-0.2, 0) is 11.2 Å². The standard InChI is InChI=1S/C22H21N5O3S/c1-14-6-5-9-17(10-14)27-19(11-16-12-20(29)24-21(30)23-16)25-26-22(27)31-13-18(28)15-7-3-2-4-8-15/h2-10,16H,11-13H2,1H3,(H2,23,24,29,30). The number of carbonyl (C=O) groups is 3. The van der Waals surface area contributed by atoms with Crippen molar-refractivity contribution in [1.82, 2.24) is 25.4 Å². The highest BCUT2D eigenvalue weighted by molar-refractivity contribution is 7.99. The van der Waals surface area contributed by atoms with Crippen molar-refractivity contribution in [2.75, 3.05) is 5.75 Å². The zero-order valence-electron chi connectivity index (χ0n) is 16.9. The third-order valence-corrected chi connectivity index (χ3v) is 5.77. The summed E-state index contributed by atoms with van der Waals surface area (Å²) in [6.45, 7) is 1.99. The van der Waals surface area contributed by atoms with Gasteiger partial charge >= 0.3 is 6.03 Å². The van der Waals surface area contributed by atoms with Crippen molar-refractivity contribution in [3.8, 4) is 5.69 Å². The fourth-order valence-corrected chi connectivity index (χ4v) is 4.27. The molecule has 1 aliphatic heterocycles. The quantitative estimate of drug-likeness (QED) is 0.437. The maximum atomic E-state index is 12.5. The van der Waals surface area contributed by atoms with Crippen LogP contribution < -0.4 is 10.6 Å². The van der Waals surface area contributed by atoms with Crippen LogP contribution in [0.25, 0.3) is 5.69 Å². The van der Waals surface area contributed by atoms with Gasteiger partial charge in [0.1, 0.15) is 5.82 Å². The Balaban J connectivity index is 1.60. The highest BCUT2D eigenvalue weighted by Crippen LogP contribution is 2.24. The molecule has 2 heterocycles. The van der Waals surface area contributed by atoms with E-state index in [2.05, 4.69) is 20.8 Å². The van der Waals surface area contributed by atoms with Crippen molar-refractivity contribution in [1.29, 1.82) is 0 Å². The van der Waals surface area contributed by atoms with Gasteiger partial charge in [0.25, 0.3) is 0 Å². The highest BCUT2D eigenvalue weighted by atomic mass is 32.2. The Morgan fingerprint density at radius 1 is 1.13 bits per heavy atom. The van der Waals surface area contributed by atoms with E-state index in [0.29, 0.717) is 23.0 Å². The van der Waals surface area contributed by atoms with Crippen LogP contribution in [0.3, 0.4) is 0 Å². The molecule has 1 fully saturated rings. The van der Waals surface area contributed by atoms with E-state index in [-0.39, 0.29) is 29.9 Å². The van der Waals surface area contributed by atoms with E-state index < -0.39 is 6.03 Å². The van der Waals surface area contributed by atoms with Crippen molar-refractivity contribution < 1.29 is 14.4 Å². The van der Waals surface area contributed by atoms with E-state index in [4.69, 9.17) is 0 Å². The van der Waals surface area contributed by atoms with E-state index in [0.717, 1.165) is 11.3 Å². The average Bonchev–Trinajstić information content (AvgIpc) is 3.14. The highest BCUT2D eigenvalue weighted by Gasteiger charge is 2.27. The molecule has 0 aliphatic carbocycles. The van der Waals surface area contributed by atoms with Crippen LogP contribution in [0, 0.1) is 6.92 Å². The molecular formula is C22H21N5O3S. The molecule has 0 radical (unpaired) electrons. The third kappa shape index (κ3) is 5.00. The van der Waals surface area contributed by atoms with Crippen LogP contribution in [0.4, 0.5) is 4.79 Å². The lowest BCUT2D eigenvalue weighted by molar-refractivity contribution is -0.121. The third-order valence-electron chi connectivity index (χ3n) is 4.84. The Morgan fingerprint density at radius 2 is 1.94 bits per heavy atom. The van der Waals surface area contributed by atoms with Crippen LogP contribution in [0.2, 0.25) is 0 Å². The molecule has 1 aliphatic rings. The number of hydrogen-bond acceptors (Lipinski definition) is 6. The number of nitrogens with zero attached hydrogens (tertiary/aromatic N) is 3. The predicted octanol–water partition coefficient (Wildman–Crippen LogP) is 2.69. The number of aryl methyl sites for hydroxylation is 1. The second-order valence-electron chi connectivity index (χ2n) is 7.28. The van der Waals surface area contributed by atoms with Crippen molar-refractivity contribution in [2.45, 2.75) is 31.0 Å². The van der Waals surface area contributed by atoms with Gasteiger partial charge in [0, 0.05) is 30.1 Å². The van der Waals surface area contributed by atoms with Gasteiger partial charge in [-0.05, 0) is 24.6 Å². The Morgan fingerprint density at radius 3 is 2.68 bits per heavy atom. The molecule has 4 rings (SSSR count). The molecule has 2 N–H and O–H groups in total. The first-order valence-corrected chi connectivity index (χ1v) is 10.8. The lowest BCUT2D eigenvalue weighted by atomic mass is 10.1. The van der Waals surface area contributed by atoms with Crippen molar-refractivity contribution in [2.24, 2.45) is 0 Å². The number of nitrogens with one attached hydrogen (secondary N) is 2. The summed E-state index contributed by atoms with van der Waals surface area (Å²) in [4.78, 5) is 35.9. The lowest BCUT2D eigenvalue weighted by Crippen LogP contribution is -2.53. The Hall–Kier alpha value is -3.46. The fourth-order valence-electron chi connectivity index (χ4n) is 3.41. The van der Waals surface area contributed by atoms with E-state index in [1.807, 2.05) is 54.0 Å². The van der Waals surface area contributed by atoms with Gasteiger partial charge in [0.05, 0.1) is 5.75 Å². The number of rotatable bonds is 7. The summed E-state index contributed by atoms with van der Waals surface area (Å²) in [5.41, 5.74) is 2.58. The molecule has 3 aromatic rings. The van der Waals surface area contributed by atoms with Gasteiger partial charge in [0.2, 0.25) is 5.91 Å². The van der Waals surface area contributed by atoms with Gasteiger partial charge in [-0.1, -0.05) is 54.2 Å². The molecule has 1 saturated heterocycles. The number of thioether (sulfide) groups is 1. The predicted molar refractivity (Wildman–Crippen MR) is 116 cm³/mol. The van der Waals surface area contributed by atoms with E-state index in [9.17, 15) is 14.4 Å². The van der Waals surface area contributed by atoms with Crippen LogP contribution in [0.5, 0.6) is 0 Å². The zero-order valence-corrected chi connectivity index (χ0v) is 17.7. The summed E-state index contributed by atoms with van der Waals surface area (Å²) in [5.74, 6) is 0.511. The smallest absolute Gasteiger partial charge is 0.321 e. The van der Waals surface area contributed by atoms with Crippen LogP contribution in [0.1, 0.15) is 28.2 Å². The lowest BCUT2D eigenvalue weighted by Gasteiger charge is -2.23. The maximum Gasteiger partial charge on any atom is 0.321 e. The van der Waals surface area contributed by atoms with Gasteiger partial charge in [-0.25, -0.2) is 4.79 Å². The molecule has 31 heavy (non-hydrogen) atoms. The number of aromatic nitrogens is 3. The molecule has 2 aromatic carbocycles. The molecule has 0 bridgehead atoms. The number of ketones is 1. The minimum atomic E-state index is -0.508. The molecule has 0 saturated carbocycles. The molecule has 1 atom stereocenters. The molecule has 0 spiro atoms.